The Labute approximate surface area is 223 Å². The maximum Gasteiger partial charge on any atom is 0.410 e. The van der Waals surface area contributed by atoms with Crippen molar-refractivity contribution in [1.29, 1.82) is 0 Å². The van der Waals surface area contributed by atoms with Crippen LogP contribution in [0.3, 0.4) is 0 Å². The van der Waals surface area contributed by atoms with Crippen molar-refractivity contribution in [2.45, 2.75) is 52.7 Å². The van der Waals surface area contributed by atoms with Gasteiger partial charge in [0.1, 0.15) is 17.8 Å². The van der Waals surface area contributed by atoms with Crippen LogP contribution in [0.25, 0.3) is 0 Å². The molecule has 1 atom stereocenters. The number of esters is 1. The standard InChI is InChI=1S/C27H37N3O8/c1-8-16-36-22(33)27(17-28-23(34)37-25(2,3)4)18-29(24(35)38-26(5,6)7)14-15-30(21(27)32)20(31)19-12-10-9-11-13-19/h8-13H,1,14-18H2,2-7H3,(H,28,34). The SMILES string of the molecule is C=CCOC(=O)C1(CNC(=O)OC(C)(C)C)CN(C(=O)OC(C)(C)C)CCN(C(=O)c2ccccc2)C1=O. The summed E-state index contributed by atoms with van der Waals surface area (Å²) in [6.07, 6.45) is -0.375. The molecular weight excluding hydrogens is 494 g/mol. The molecule has 1 aromatic carbocycles. The van der Waals surface area contributed by atoms with Crippen LogP contribution in [0.15, 0.2) is 43.0 Å². The van der Waals surface area contributed by atoms with Gasteiger partial charge in [-0.3, -0.25) is 19.3 Å². The monoisotopic (exact) mass is 531 g/mol. The number of hydrogen-bond donors (Lipinski definition) is 1. The van der Waals surface area contributed by atoms with Crippen LogP contribution in [-0.2, 0) is 23.8 Å². The van der Waals surface area contributed by atoms with Crippen molar-refractivity contribution in [3.8, 4) is 0 Å². The summed E-state index contributed by atoms with van der Waals surface area (Å²) in [5, 5.41) is 2.45. The van der Waals surface area contributed by atoms with Gasteiger partial charge in [0, 0.05) is 25.2 Å². The molecule has 1 aliphatic heterocycles. The second-order valence-corrected chi connectivity index (χ2v) is 10.9. The molecule has 11 heteroatoms. The van der Waals surface area contributed by atoms with Crippen molar-refractivity contribution in [3.05, 3.63) is 48.6 Å². The number of carbonyl (C=O) groups is 5. The van der Waals surface area contributed by atoms with Crippen LogP contribution in [0.1, 0.15) is 51.9 Å². The molecule has 1 aliphatic rings. The van der Waals surface area contributed by atoms with Gasteiger partial charge in [-0.1, -0.05) is 30.9 Å². The van der Waals surface area contributed by atoms with Crippen molar-refractivity contribution in [2.75, 3.05) is 32.8 Å². The number of ether oxygens (including phenoxy) is 3. The first-order chi connectivity index (χ1) is 17.6. The molecule has 0 aliphatic carbocycles. The summed E-state index contributed by atoms with van der Waals surface area (Å²) in [5.41, 5.74) is -3.70. The van der Waals surface area contributed by atoms with Crippen molar-refractivity contribution in [3.63, 3.8) is 0 Å². The Morgan fingerprint density at radius 1 is 1.00 bits per heavy atom. The number of nitrogens with zero attached hydrogens (tertiary/aromatic N) is 2. The van der Waals surface area contributed by atoms with Gasteiger partial charge in [0.15, 0.2) is 5.41 Å². The van der Waals surface area contributed by atoms with Crippen LogP contribution < -0.4 is 5.32 Å². The molecule has 0 saturated carbocycles. The number of imide groups is 1. The Morgan fingerprint density at radius 3 is 2.16 bits per heavy atom. The highest BCUT2D eigenvalue weighted by molar-refractivity contribution is 6.13. The lowest BCUT2D eigenvalue weighted by atomic mass is 9.85. The molecule has 0 spiro atoms. The van der Waals surface area contributed by atoms with E-state index < -0.39 is 59.7 Å². The Kier molecular flexibility index (Phi) is 9.66. The highest BCUT2D eigenvalue weighted by Crippen LogP contribution is 2.29. The third-order valence-corrected chi connectivity index (χ3v) is 5.28. The van der Waals surface area contributed by atoms with Gasteiger partial charge in [0.2, 0.25) is 0 Å². The first kappa shape index (κ1) is 30.3. The van der Waals surface area contributed by atoms with Gasteiger partial charge in [-0.2, -0.15) is 0 Å². The summed E-state index contributed by atoms with van der Waals surface area (Å²) < 4.78 is 16.0. The van der Waals surface area contributed by atoms with E-state index in [1.165, 1.54) is 18.2 Å². The zero-order chi connectivity index (χ0) is 28.7. The Balaban J connectivity index is 2.57. The van der Waals surface area contributed by atoms with E-state index in [0.717, 1.165) is 9.80 Å². The summed E-state index contributed by atoms with van der Waals surface area (Å²) in [6.45, 7) is 11.8. The molecule has 208 valence electrons. The third kappa shape index (κ3) is 8.06. The molecule has 1 N–H and O–H groups in total. The molecule has 1 heterocycles. The molecule has 0 bridgehead atoms. The predicted molar refractivity (Wildman–Crippen MR) is 138 cm³/mol. The van der Waals surface area contributed by atoms with Crippen LogP contribution in [0.5, 0.6) is 0 Å². The number of rotatable bonds is 6. The van der Waals surface area contributed by atoms with Crippen LogP contribution in [-0.4, -0.2) is 83.8 Å². The zero-order valence-electron chi connectivity index (χ0n) is 22.9. The molecule has 4 amide bonds. The van der Waals surface area contributed by atoms with Gasteiger partial charge in [0.25, 0.3) is 11.8 Å². The maximum absolute atomic E-state index is 14.0. The lowest BCUT2D eigenvalue weighted by molar-refractivity contribution is -0.162. The average Bonchev–Trinajstić information content (AvgIpc) is 2.96. The fourth-order valence-electron chi connectivity index (χ4n) is 3.63. The van der Waals surface area contributed by atoms with Gasteiger partial charge in [-0.25, -0.2) is 9.59 Å². The molecule has 0 aromatic heterocycles. The number of nitrogens with one attached hydrogen (secondary N) is 1. The normalized spacial score (nSPS) is 18.2. The molecule has 38 heavy (non-hydrogen) atoms. The van der Waals surface area contributed by atoms with Crippen LogP contribution in [0.2, 0.25) is 0 Å². The van der Waals surface area contributed by atoms with Crippen molar-refractivity contribution < 1.29 is 38.2 Å². The van der Waals surface area contributed by atoms with Crippen molar-refractivity contribution in [2.24, 2.45) is 5.41 Å². The molecule has 1 saturated heterocycles. The lowest BCUT2D eigenvalue weighted by Gasteiger charge is -2.34. The first-order valence-electron chi connectivity index (χ1n) is 12.2. The summed E-state index contributed by atoms with van der Waals surface area (Å²) in [4.78, 5) is 68.6. The molecule has 2 rings (SSSR count). The Bertz CT molecular complexity index is 1060. The molecule has 11 nitrogen and oxygen atoms in total. The van der Waals surface area contributed by atoms with Crippen LogP contribution in [0, 0.1) is 5.41 Å². The van der Waals surface area contributed by atoms with E-state index in [9.17, 15) is 24.0 Å². The summed E-state index contributed by atoms with van der Waals surface area (Å²) in [6, 6.07) is 8.05. The molecule has 1 fully saturated rings. The van der Waals surface area contributed by atoms with E-state index in [-0.39, 0.29) is 25.3 Å². The highest BCUT2D eigenvalue weighted by Gasteiger charge is 2.55. The molecule has 1 aromatic rings. The maximum atomic E-state index is 14.0. The largest absolute Gasteiger partial charge is 0.461 e. The number of amides is 4. The van der Waals surface area contributed by atoms with Gasteiger partial charge in [-0.05, 0) is 53.7 Å². The highest BCUT2D eigenvalue weighted by atomic mass is 16.6. The van der Waals surface area contributed by atoms with Crippen LogP contribution in [0.4, 0.5) is 9.59 Å². The first-order valence-corrected chi connectivity index (χ1v) is 12.2. The minimum Gasteiger partial charge on any atom is -0.461 e. The quantitative estimate of drug-likeness (QED) is 0.195. The molecular formula is C27H37N3O8. The minimum absolute atomic E-state index is 0.109. The number of benzene rings is 1. The van der Waals surface area contributed by atoms with Gasteiger partial charge in [-0.15, -0.1) is 0 Å². The second kappa shape index (κ2) is 12.1. The van der Waals surface area contributed by atoms with Crippen molar-refractivity contribution in [1.82, 2.24) is 15.1 Å². The zero-order valence-corrected chi connectivity index (χ0v) is 22.9. The van der Waals surface area contributed by atoms with E-state index in [4.69, 9.17) is 14.2 Å². The topological polar surface area (TPSA) is 132 Å². The number of carbonyl (C=O) groups excluding carboxylic acids is 5. The lowest BCUT2D eigenvalue weighted by Crippen LogP contribution is -2.59. The van der Waals surface area contributed by atoms with E-state index in [0.29, 0.717) is 0 Å². The van der Waals surface area contributed by atoms with Crippen LogP contribution >= 0.6 is 0 Å². The van der Waals surface area contributed by atoms with E-state index in [1.807, 2.05) is 0 Å². The van der Waals surface area contributed by atoms with Gasteiger partial charge >= 0.3 is 18.2 Å². The molecule has 0 radical (unpaired) electrons. The van der Waals surface area contributed by atoms with Gasteiger partial charge in [0.05, 0.1) is 6.54 Å². The summed E-state index contributed by atoms with van der Waals surface area (Å²) in [7, 11) is 0. The summed E-state index contributed by atoms with van der Waals surface area (Å²) in [5.74, 6) is -2.64. The minimum atomic E-state index is -2.18. The van der Waals surface area contributed by atoms with Gasteiger partial charge < -0.3 is 24.4 Å². The second-order valence-electron chi connectivity index (χ2n) is 10.9. The van der Waals surface area contributed by atoms with Crippen molar-refractivity contribution >= 4 is 30.0 Å². The molecule has 1 unspecified atom stereocenters. The Morgan fingerprint density at radius 2 is 1.61 bits per heavy atom. The average molecular weight is 532 g/mol. The smallest absolute Gasteiger partial charge is 0.410 e. The van der Waals surface area contributed by atoms with E-state index in [1.54, 1.807) is 59.7 Å². The third-order valence-electron chi connectivity index (χ3n) is 5.28. The predicted octanol–water partition coefficient (Wildman–Crippen LogP) is 3.15. The van der Waals surface area contributed by atoms with E-state index in [2.05, 4.69) is 11.9 Å². The number of hydrogen-bond acceptors (Lipinski definition) is 8. The summed E-state index contributed by atoms with van der Waals surface area (Å²) >= 11 is 0. The fourth-order valence-corrected chi connectivity index (χ4v) is 3.63. The Hall–Kier alpha value is -3.89. The van der Waals surface area contributed by atoms with E-state index >= 15 is 0 Å². The number of alkyl carbamates (subject to hydrolysis) is 1. The fraction of sp³-hybridized carbons (Fsp3) is 0.519.